The molecule has 1 spiro atoms. The van der Waals surface area contributed by atoms with Crippen molar-refractivity contribution in [2.45, 2.75) is 56.0 Å². The topological polar surface area (TPSA) is 24.4 Å². The van der Waals surface area contributed by atoms with Crippen molar-refractivity contribution in [1.29, 1.82) is 0 Å². The highest BCUT2D eigenvalue weighted by molar-refractivity contribution is 7.22. The van der Waals surface area contributed by atoms with Gasteiger partial charge in [-0.1, -0.05) is 183 Å². The van der Waals surface area contributed by atoms with E-state index in [4.69, 9.17) is 4.99 Å². The highest BCUT2D eigenvalue weighted by Crippen LogP contribution is 2.58. The minimum Gasteiger partial charge on any atom is -0.358 e. The lowest BCUT2D eigenvalue weighted by atomic mass is 9.64. The monoisotopic (exact) mass is 726 g/mol. The van der Waals surface area contributed by atoms with Crippen LogP contribution in [0.4, 0.5) is 5.69 Å². The molecule has 0 amide bonds. The van der Waals surface area contributed by atoms with E-state index in [0.29, 0.717) is 5.92 Å². The molecule has 1 aliphatic heterocycles. The molecule has 1 saturated carbocycles. The fraction of sp³-hybridized carbons (Fsp3) is 0.173. The average Bonchev–Trinajstić information content (AvgIpc) is 3.77. The Labute approximate surface area is 327 Å². The average molecular weight is 727 g/mol. The summed E-state index contributed by atoms with van der Waals surface area (Å²) in [6, 6.07) is 55.8. The van der Waals surface area contributed by atoms with Gasteiger partial charge in [0.15, 0.2) is 0 Å². The number of anilines is 1. The summed E-state index contributed by atoms with van der Waals surface area (Å²) in [7, 11) is 0. The number of allylic oxidation sites excluding steroid dienone is 4. The zero-order valence-electron chi connectivity index (χ0n) is 30.8. The first-order valence-electron chi connectivity index (χ1n) is 20.0. The lowest BCUT2D eigenvalue weighted by Crippen LogP contribution is -2.30. The highest BCUT2D eigenvalue weighted by Gasteiger charge is 2.46. The Bertz CT molecular complexity index is 2650. The predicted molar refractivity (Wildman–Crippen MR) is 232 cm³/mol. The van der Waals surface area contributed by atoms with Crippen LogP contribution in [0.2, 0.25) is 0 Å². The molecule has 2 atom stereocenters. The third-order valence-corrected chi connectivity index (χ3v) is 14.0. The van der Waals surface area contributed by atoms with Crippen molar-refractivity contribution in [2.24, 2.45) is 4.99 Å². The summed E-state index contributed by atoms with van der Waals surface area (Å²) in [6.45, 7) is 0. The van der Waals surface area contributed by atoms with Crippen molar-refractivity contribution in [3.8, 4) is 22.3 Å². The molecule has 3 aliphatic carbocycles. The first kappa shape index (κ1) is 32.6. The summed E-state index contributed by atoms with van der Waals surface area (Å²) >= 11 is 1.82. The Morgan fingerprint density at radius 3 is 1.96 bits per heavy atom. The molecule has 7 aromatic rings. The van der Waals surface area contributed by atoms with Gasteiger partial charge in [0.05, 0.1) is 16.3 Å². The maximum Gasteiger partial charge on any atom is 0.145 e. The molecular weight excluding hydrogens is 685 g/mol. The van der Waals surface area contributed by atoms with E-state index in [1.165, 1.54) is 91.7 Å². The van der Waals surface area contributed by atoms with Crippen LogP contribution in [0, 0.1) is 0 Å². The third-order valence-electron chi connectivity index (χ3n) is 12.8. The molecule has 3 heteroatoms. The maximum absolute atomic E-state index is 5.40. The molecule has 1 N–H and O–H groups in total. The second-order valence-electron chi connectivity index (χ2n) is 15.8. The lowest BCUT2D eigenvalue weighted by Gasteiger charge is -2.39. The Morgan fingerprint density at radius 2 is 1.20 bits per heavy atom. The Morgan fingerprint density at radius 1 is 0.582 bits per heavy atom. The number of benzene rings is 6. The van der Waals surface area contributed by atoms with Crippen LogP contribution in [0.15, 0.2) is 174 Å². The van der Waals surface area contributed by atoms with E-state index in [9.17, 15) is 0 Å². The quantitative estimate of drug-likeness (QED) is 0.188. The van der Waals surface area contributed by atoms with Crippen molar-refractivity contribution in [1.82, 2.24) is 0 Å². The number of rotatable bonds is 5. The van der Waals surface area contributed by atoms with Crippen molar-refractivity contribution in [3.05, 3.63) is 202 Å². The van der Waals surface area contributed by atoms with E-state index in [1.807, 2.05) is 11.3 Å². The lowest BCUT2D eigenvalue weighted by molar-refractivity contribution is 0.336. The van der Waals surface area contributed by atoms with Crippen LogP contribution < -0.4 is 5.32 Å². The number of nitrogens with one attached hydrogen (secondary N) is 1. The number of fused-ring (bicyclic) bond motifs is 7. The number of hydrogen-bond acceptors (Lipinski definition) is 3. The molecule has 4 aliphatic rings. The van der Waals surface area contributed by atoms with Gasteiger partial charge >= 0.3 is 0 Å². The van der Waals surface area contributed by atoms with Crippen molar-refractivity contribution >= 4 is 38.4 Å². The van der Waals surface area contributed by atoms with Crippen molar-refractivity contribution in [3.63, 3.8) is 0 Å². The third kappa shape index (κ3) is 5.47. The normalized spacial score (nSPS) is 19.5. The van der Waals surface area contributed by atoms with Crippen LogP contribution in [0.5, 0.6) is 0 Å². The smallest absolute Gasteiger partial charge is 0.145 e. The summed E-state index contributed by atoms with van der Waals surface area (Å²) in [5, 5.41) is 5.07. The van der Waals surface area contributed by atoms with Gasteiger partial charge in [0, 0.05) is 27.0 Å². The van der Waals surface area contributed by atoms with Gasteiger partial charge in [-0.15, -0.1) is 11.3 Å². The molecule has 266 valence electrons. The molecular formula is C52H42N2S. The summed E-state index contributed by atoms with van der Waals surface area (Å²) in [5.74, 6) is 0.416. The summed E-state index contributed by atoms with van der Waals surface area (Å²) < 4.78 is 1.27. The molecule has 2 heterocycles. The minimum absolute atomic E-state index is 0.176. The highest BCUT2D eigenvalue weighted by atomic mass is 32.1. The van der Waals surface area contributed by atoms with E-state index < -0.39 is 0 Å². The first-order chi connectivity index (χ1) is 27.2. The van der Waals surface area contributed by atoms with Crippen molar-refractivity contribution in [2.75, 3.05) is 5.32 Å². The van der Waals surface area contributed by atoms with Crippen LogP contribution >= 0.6 is 11.3 Å². The predicted octanol–water partition coefficient (Wildman–Crippen LogP) is 13.9. The number of nitrogens with zero attached hydrogens (tertiary/aromatic N) is 1. The van der Waals surface area contributed by atoms with Gasteiger partial charge < -0.3 is 5.32 Å². The maximum atomic E-state index is 5.40. The first-order valence-corrected chi connectivity index (χ1v) is 20.8. The van der Waals surface area contributed by atoms with Gasteiger partial charge in [0.25, 0.3) is 0 Å². The molecule has 6 aromatic carbocycles. The van der Waals surface area contributed by atoms with E-state index in [-0.39, 0.29) is 11.6 Å². The fourth-order valence-corrected chi connectivity index (χ4v) is 11.2. The molecule has 55 heavy (non-hydrogen) atoms. The molecule has 0 saturated heterocycles. The zero-order valence-corrected chi connectivity index (χ0v) is 31.7. The Hall–Kier alpha value is -5.77. The van der Waals surface area contributed by atoms with Gasteiger partial charge in [-0.2, -0.15) is 0 Å². The molecule has 2 unspecified atom stereocenters. The van der Waals surface area contributed by atoms with E-state index >= 15 is 0 Å². The Kier molecular flexibility index (Phi) is 7.84. The number of aliphatic imine (C=N–C) groups is 1. The summed E-state index contributed by atoms with van der Waals surface area (Å²) in [4.78, 5) is 6.60. The van der Waals surface area contributed by atoms with Gasteiger partial charge in [0.2, 0.25) is 0 Å². The van der Waals surface area contributed by atoms with Crippen LogP contribution in [0.3, 0.4) is 0 Å². The molecule has 2 nitrogen and oxygen atoms in total. The SMILES string of the molecule is C1=CC(c2ccc(-c3ccc(C4=NC(c5ccc(-c6ccccc6)cc5)Nc5c4sc4ccccc54)cc3)cc2)CC2=C1c1ccccc1C21CCCCC1. The summed E-state index contributed by atoms with van der Waals surface area (Å²) in [6.07, 6.45) is 12.5. The largest absolute Gasteiger partial charge is 0.358 e. The standard InChI is InChI=1S/C52H42N2S/c1-3-11-34(12-4-1)35-23-27-40(28-24-35)51-53-48(50-49(54-51)44-14-6-8-16-47(44)55-50)39-25-21-37(22-26-39)36-17-19-38(20-18-36)41-29-30-43-42-13-5-7-15-45(42)52(46(43)33-41)31-9-2-10-32-52/h1,3-8,11-30,41,51,54H,2,9-10,31-33H2. The van der Waals surface area contributed by atoms with Crippen molar-refractivity contribution < 1.29 is 0 Å². The van der Waals surface area contributed by atoms with Gasteiger partial charge in [-0.25, -0.2) is 0 Å². The number of thiophene rings is 1. The van der Waals surface area contributed by atoms with E-state index in [1.54, 1.807) is 11.1 Å². The van der Waals surface area contributed by atoms with Crippen LogP contribution in [0.25, 0.3) is 37.9 Å². The second kappa shape index (κ2) is 13.2. The second-order valence-corrected chi connectivity index (χ2v) is 16.8. The zero-order chi connectivity index (χ0) is 36.3. The van der Waals surface area contributed by atoms with Crippen LogP contribution in [-0.4, -0.2) is 5.71 Å². The van der Waals surface area contributed by atoms with Crippen LogP contribution in [-0.2, 0) is 5.41 Å². The molecule has 1 aromatic heterocycles. The molecule has 11 rings (SSSR count). The van der Waals surface area contributed by atoms with Crippen LogP contribution in [0.1, 0.15) is 83.3 Å². The minimum atomic E-state index is -0.176. The van der Waals surface area contributed by atoms with Gasteiger partial charge in [-0.05, 0) is 75.4 Å². The Balaban J connectivity index is 0.871. The molecule has 0 radical (unpaired) electrons. The van der Waals surface area contributed by atoms with E-state index in [2.05, 4.69) is 169 Å². The fourth-order valence-electron chi connectivity index (χ4n) is 9.98. The summed E-state index contributed by atoms with van der Waals surface area (Å²) in [5.41, 5.74) is 17.4. The van der Waals surface area contributed by atoms with Gasteiger partial charge in [0.1, 0.15) is 6.17 Å². The number of hydrogen-bond donors (Lipinski definition) is 1. The molecule has 0 bridgehead atoms. The van der Waals surface area contributed by atoms with E-state index in [0.717, 1.165) is 23.3 Å². The van der Waals surface area contributed by atoms with Gasteiger partial charge in [-0.3, -0.25) is 4.99 Å². The molecule has 1 fully saturated rings.